The van der Waals surface area contributed by atoms with E-state index >= 15 is 0 Å². The van der Waals surface area contributed by atoms with Gasteiger partial charge >= 0.3 is 21.7 Å². The Morgan fingerprint density at radius 3 is 2.41 bits per heavy atom. The van der Waals surface area contributed by atoms with Crippen molar-refractivity contribution in [3.63, 3.8) is 0 Å². The molecule has 0 aliphatic heterocycles. The van der Waals surface area contributed by atoms with Crippen LogP contribution in [0.1, 0.15) is 11.1 Å². The van der Waals surface area contributed by atoms with Crippen LogP contribution in [0.2, 0.25) is 0 Å². The molecule has 0 saturated heterocycles. The average molecular weight is 260 g/mol. The Bertz CT molecular complexity index is 527. The second-order valence-corrected chi connectivity index (χ2v) is 3.45. The molecule has 0 aromatic heterocycles. The van der Waals surface area contributed by atoms with Gasteiger partial charge in [-0.2, -0.15) is 0 Å². The second kappa shape index (κ2) is 5.89. The molecule has 82 valence electrons. The largest absolute Gasteiger partial charge is 4.00 e. The third kappa shape index (κ3) is 2.38. The van der Waals surface area contributed by atoms with Crippen molar-refractivity contribution in [3.8, 4) is 0 Å². The number of carbonyl (C=O) groups excluding carboxylic acids is 1. The number of hydrogen-bond acceptors (Lipinski definition) is 1. The molecule has 0 saturated carbocycles. The fourth-order valence-electron chi connectivity index (χ4n) is 1.95. The van der Waals surface area contributed by atoms with Gasteiger partial charge in [-0.15, -0.1) is 0 Å². The van der Waals surface area contributed by atoms with Crippen LogP contribution < -0.4 is 0 Å². The molecule has 3 rings (SSSR count). The second-order valence-electron chi connectivity index (χ2n) is 3.45. The summed E-state index contributed by atoms with van der Waals surface area (Å²) in [5.41, 5.74) is 4.20. The van der Waals surface area contributed by atoms with Crippen LogP contribution in [0.25, 0.3) is 11.6 Å². The molecule has 0 amide bonds. The zero-order valence-electron chi connectivity index (χ0n) is 8.84. The van der Waals surface area contributed by atoms with Crippen LogP contribution in [0.15, 0.2) is 48.1 Å². The summed E-state index contributed by atoms with van der Waals surface area (Å²) in [4.78, 5) is 11.5. The number of carbonyl (C=O) groups is 1. The van der Waals surface area contributed by atoms with Crippen LogP contribution in [0.4, 0.5) is 0 Å². The monoisotopic (exact) mass is 260 g/mol. The van der Waals surface area contributed by atoms with E-state index < -0.39 is 0 Å². The Labute approximate surface area is 114 Å². The normalized spacial score (nSPS) is 14.2. The first-order chi connectivity index (χ1) is 6.86. The van der Waals surface area contributed by atoms with Crippen molar-refractivity contribution < 1.29 is 37.5 Å². The maximum absolute atomic E-state index is 11.5. The van der Waals surface area contributed by atoms with E-state index in [0.717, 1.165) is 16.7 Å². The van der Waals surface area contributed by atoms with Crippen molar-refractivity contribution in [2.24, 2.45) is 0 Å². The average Bonchev–Trinajstić information content (AvgIpc) is 2.59. The van der Waals surface area contributed by atoms with Gasteiger partial charge in [0.2, 0.25) is 0 Å². The van der Waals surface area contributed by atoms with E-state index in [2.05, 4.69) is 6.07 Å². The van der Waals surface area contributed by atoms with Gasteiger partial charge in [-0.3, -0.25) is 4.79 Å². The molecular formula is C13H8O3Ti. The molecule has 1 aromatic carbocycles. The zero-order valence-corrected chi connectivity index (χ0v) is 10.4. The Morgan fingerprint density at radius 1 is 0.941 bits per heavy atom. The SMILES string of the molecule is O=C1C=CC=C2C1=Cc1ccccc12.[O-2].[O-2].[Ti+4]. The summed E-state index contributed by atoms with van der Waals surface area (Å²) in [5, 5.41) is 0. The molecule has 3 nitrogen and oxygen atoms in total. The molecule has 0 fully saturated rings. The summed E-state index contributed by atoms with van der Waals surface area (Å²) >= 11 is 0. The van der Waals surface area contributed by atoms with E-state index in [1.165, 1.54) is 5.56 Å². The van der Waals surface area contributed by atoms with Crippen molar-refractivity contribution in [1.82, 2.24) is 0 Å². The molecular weight excluding hydrogens is 252 g/mol. The fourth-order valence-corrected chi connectivity index (χ4v) is 1.95. The van der Waals surface area contributed by atoms with Gasteiger partial charge in [0.05, 0.1) is 0 Å². The third-order valence-electron chi connectivity index (χ3n) is 2.62. The summed E-state index contributed by atoms with van der Waals surface area (Å²) in [6.45, 7) is 0. The number of hydrogen-bond donors (Lipinski definition) is 0. The summed E-state index contributed by atoms with van der Waals surface area (Å²) in [5.74, 6) is 0.110. The van der Waals surface area contributed by atoms with E-state index in [1.54, 1.807) is 6.08 Å². The summed E-state index contributed by atoms with van der Waals surface area (Å²) in [6, 6.07) is 8.08. The van der Waals surface area contributed by atoms with E-state index in [-0.39, 0.29) is 38.5 Å². The van der Waals surface area contributed by atoms with Gasteiger partial charge in [0.1, 0.15) is 0 Å². The van der Waals surface area contributed by atoms with Gasteiger partial charge < -0.3 is 11.0 Å². The van der Waals surface area contributed by atoms with Gasteiger partial charge in [-0.05, 0) is 28.9 Å². The van der Waals surface area contributed by atoms with Gasteiger partial charge in [-0.25, -0.2) is 0 Å². The topological polar surface area (TPSA) is 74.1 Å². The Kier molecular flexibility index (Phi) is 5.46. The van der Waals surface area contributed by atoms with Crippen molar-refractivity contribution in [2.45, 2.75) is 0 Å². The minimum absolute atomic E-state index is 0. The van der Waals surface area contributed by atoms with E-state index in [0.29, 0.717) is 0 Å². The Hall–Kier alpha value is -1.26. The minimum atomic E-state index is 0. The number of fused-ring (bicyclic) bond motifs is 3. The summed E-state index contributed by atoms with van der Waals surface area (Å²) in [6.07, 6.45) is 7.39. The molecule has 0 N–H and O–H groups in total. The smallest absolute Gasteiger partial charge is 2.00 e. The quantitative estimate of drug-likeness (QED) is 0.660. The van der Waals surface area contributed by atoms with Crippen LogP contribution in [-0.2, 0) is 37.5 Å². The molecule has 2 aliphatic rings. The molecule has 4 heteroatoms. The van der Waals surface area contributed by atoms with Crippen LogP contribution >= 0.6 is 0 Å². The molecule has 0 unspecified atom stereocenters. The van der Waals surface area contributed by atoms with Gasteiger partial charge in [-0.1, -0.05) is 36.4 Å². The fraction of sp³-hybridized carbons (Fsp3) is 0. The van der Waals surface area contributed by atoms with Gasteiger partial charge in [0.15, 0.2) is 5.78 Å². The van der Waals surface area contributed by atoms with Crippen LogP contribution in [0.5, 0.6) is 0 Å². The van der Waals surface area contributed by atoms with Gasteiger partial charge in [0.25, 0.3) is 0 Å². The third-order valence-corrected chi connectivity index (χ3v) is 2.62. The first kappa shape index (κ1) is 15.7. The zero-order chi connectivity index (χ0) is 9.54. The van der Waals surface area contributed by atoms with Crippen LogP contribution in [0, 0.1) is 0 Å². The molecule has 0 spiro atoms. The molecule has 0 heterocycles. The molecule has 2 aliphatic carbocycles. The van der Waals surface area contributed by atoms with Crippen molar-refractivity contribution in [1.29, 1.82) is 0 Å². The maximum Gasteiger partial charge on any atom is 4.00 e. The first-order valence-corrected chi connectivity index (χ1v) is 4.60. The molecule has 0 radical (unpaired) electrons. The van der Waals surface area contributed by atoms with E-state index in [1.807, 2.05) is 36.4 Å². The molecule has 17 heavy (non-hydrogen) atoms. The number of benzene rings is 1. The van der Waals surface area contributed by atoms with E-state index in [9.17, 15) is 4.79 Å². The first-order valence-electron chi connectivity index (χ1n) is 4.60. The summed E-state index contributed by atoms with van der Waals surface area (Å²) in [7, 11) is 0. The number of rotatable bonds is 0. The van der Waals surface area contributed by atoms with Gasteiger partial charge in [0, 0.05) is 5.57 Å². The van der Waals surface area contributed by atoms with Crippen molar-refractivity contribution >= 4 is 17.4 Å². The standard InChI is InChI=1S/C13H8O.2O.Ti/c14-13-7-3-6-11-10-5-2-1-4-9(10)8-12(11)13;;;/h1-8H;;;/q;2*-2;+4. The number of ketones is 1. The Balaban J connectivity index is 0.000000853. The Morgan fingerprint density at radius 2 is 1.65 bits per heavy atom. The predicted molar refractivity (Wildman–Crippen MR) is 57.9 cm³/mol. The van der Waals surface area contributed by atoms with Crippen molar-refractivity contribution in [3.05, 3.63) is 59.2 Å². The molecule has 1 aromatic rings. The molecule has 0 bridgehead atoms. The summed E-state index contributed by atoms with van der Waals surface area (Å²) < 4.78 is 0. The van der Waals surface area contributed by atoms with Crippen LogP contribution in [0.3, 0.4) is 0 Å². The predicted octanol–water partition coefficient (Wildman–Crippen LogP) is 2.37. The van der Waals surface area contributed by atoms with Crippen LogP contribution in [-0.4, -0.2) is 5.78 Å². The number of allylic oxidation sites excluding steroid dienone is 5. The van der Waals surface area contributed by atoms with Crippen molar-refractivity contribution in [2.75, 3.05) is 0 Å². The van der Waals surface area contributed by atoms with E-state index in [4.69, 9.17) is 0 Å². The maximum atomic E-state index is 11.5. The molecule has 0 atom stereocenters. The minimum Gasteiger partial charge on any atom is -2.00 e.